The molecule has 1 saturated heterocycles. The number of halogens is 2. The molecule has 150 valence electrons. The van der Waals surface area contributed by atoms with Crippen LogP contribution in [0.25, 0.3) is 0 Å². The summed E-state index contributed by atoms with van der Waals surface area (Å²) >= 11 is -1.17. The second-order valence-corrected chi connectivity index (χ2v) is 10.5. The number of nitrogens with zero attached hydrogens (tertiary/aromatic N) is 3. The standard InChI is InChI=1S/C18H32F2N4OS/c1-13(2)17(22-26(25)18(3,4)5)15-10-24(12-21-15)9-14-6-7-23(8-14)11-16(19)20/h10,12-14,16-17,22H,6-9,11H2,1-5H3/t14?,17-,26?/m0/s1. The number of aromatic nitrogens is 2. The largest absolute Gasteiger partial charge is 0.598 e. The van der Waals surface area contributed by atoms with Crippen molar-refractivity contribution in [3.8, 4) is 0 Å². The van der Waals surface area contributed by atoms with Crippen molar-refractivity contribution >= 4 is 11.4 Å². The first-order valence-corrected chi connectivity index (χ1v) is 10.4. The first-order chi connectivity index (χ1) is 12.1. The lowest BCUT2D eigenvalue weighted by Gasteiger charge is -2.28. The fourth-order valence-corrected chi connectivity index (χ4v) is 4.17. The van der Waals surface area contributed by atoms with Gasteiger partial charge in [-0.2, -0.15) is 0 Å². The predicted octanol–water partition coefficient (Wildman–Crippen LogP) is 3.22. The van der Waals surface area contributed by atoms with Crippen molar-refractivity contribution < 1.29 is 13.3 Å². The molecule has 0 aliphatic carbocycles. The van der Waals surface area contributed by atoms with Gasteiger partial charge in [-0.05, 0) is 45.6 Å². The van der Waals surface area contributed by atoms with Crippen LogP contribution in [0, 0.1) is 11.8 Å². The van der Waals surface area contributed by atoms with Crippen LogP contribution >= 0.6 is 0 Å². The maximum Gasteiger partial charge on any atom is 0.251 e. The van der Waals surface area contributed by atoms with Crippen molar-refractivity contribution in [2.45, 2.75) is 64.8 Å². The Hall–Kier alpha value is -0.700. The summed E-state index contributed by atoms with van der Waals surface area (Å²) in [5, 5.41) is 0. The van der Waals surface area contributed by atoms with Gasteiger partial charge in [0.05, 0.1) is 24.6 Å². The van der Waals surface area contributed by atoms with Crippen molar-refractivity contribution in [1.82, 2.24) is 19.2 Å². The molecule has 1 aliphatic rings. The molecule has 0 bridgehead atoms. The Morgan fingerprint density at radius 2 is 2.08 bits per heavy atom. The molecule has 1 aliphatic heterocycles. The zero-order chi connectivity index (χ0) is 19.5. The number of imidazole rings is 1. The summed E-state index contributed by atoms with van der Waals surface area (Å²) < 4.78 is 42.4. The fraction of sp³-hybridized carbons (Fsp3) is 0.833. The Bertz CT molecular complexity index is 562. The average molecular weight is 391 g/mol. The highest BCUT2D eigenvalue weighted by molar-refractivity contribution is 7.90. The monoisotopic (exact) mass is 390 g/mol. The van der Waals surface area contributed by atoms with E-state index in [0.29, 0.717) is 12.5 Å². The summed E-state index contributed by atoms with van der Waals surface area (Å²) in [4.78, 5) is 6.35. The minimum absolute atomic E-state index is 0.0878. The Balaban J connectivity index is 1.96. The number of likely N-dealkylation sites (tertiary alicyclic amines) is 1. The van der Waals surface area contributed by atoms with Gasteiger partial charge in [0.2, 0.25) is 0 Å². The maximum atomic E-state index is 12.5. The molecule has 1 aromatic rings. The summed E-state index contributed by atoms with van der Waals surface area (Å²) in [6, 6.07) is -0.0878. The molecule has 5 nitrogen and oxygen atoms in total. The Kier molecular flexibility index (Phi) is 7.47. The van der Waals surface area contributed by atoms with Crippen LogP contribution in [0.3, 0.4) is 0 Å². The number of hydrogen-bond acceptors (Lipinski definition) is 4. The van der Waals surface area contributed by atoms with E-state index in [1.165, 1.54) is 0 Å². The second kappa shape index (κ2) is 8.99. The van der Waals surface area contributed by atoms with E-state index in [4.69, 9.17) is 0 Å². The second-order valence-electron chi connectivity index (χ2n) is 8.52. The molecule has 26 heavy (non-hydrogen) atoms. The molecule has 0 aromatic carbocycles. The van der Waals surface area contributed by atoms with E-state index >= 15 is 0 Å². The van der Waals surface area contributed by atoms with Crippen molar-refractivity contribution in [2.75, 3.05) is 19.6 Å². The van der Waals surface area contributed by atoms with E-state index < -0.39 is 17.8 Å². The first-order valence-electron chi connectivity index (χ1n) is 9.26. The van der Waals surface area contributed by atoms with Crippen LogP contribution in [0.1, 0.15) is 52.8 Å². The zero-order valence-corrected chi connectivity index (χ0v) is 17.2. The molecule has 1 N–H and O–H groups in total. The third kappa shape index (κ3) is 6.18. The van der Waals surface area contributed by atoms with E-state index in [1.54, 1.807) is 6.33 Å². The van der Waals surface area contributed by atoms with Gasteiger partial charge in [-0.15, -0.1) is 4.72 Å². The lowest BCUT2D eigenvalue weighted by atomic mass is 10.0. The van der Waals surface area contributed by atoms with Crippen LogP contribution in [0.2, 0.25) is 0 Å². The number of hydrogen-bond donors (Lipinski definition) is 1. The summed E-state index contributed by atoms with van der Waals surface area (Å²) in [7, 11) is 0. The molecule has 1 fully saturated rings. The molecule has 3 atom stereocenters. The van der Waals surface area contributed by atoms with Crippen molar-refractivity contribution in [3.63, 3.8) is 0 Å². The van der Waals surface area contributed by atoms with Gasteiger partial charge in [0, 0.05) is 30.6 Å². The van der Waals surface area contributed by atoms with E-state index in [0.717, 1.165) is 25.2 Å². The van der Waals surface area contributed by atoms with Gasteiger partial charge in [-0.1, -0.05) is 13.8 Å². The lowest BCUT2D eigenvalue weighted by Crippen LogP contribution is -2.42. The first kappa shape index (κ1) is 21.6. The third-order valence-electron chi connectivity index (χ3n) is 4.66. The van der Waals surface area contributed by atoms with Gasteiger partial charge in [0.1, 0.15) is 4.75 Å². The van der Waals surface area contributed by atoms with E-state index in [1.807, 2.05) is 36.4 Å². The summed E-state index contributed by atoms with van der Waals surface area (Å²) in [6.45, 7) is 12.1. The van der Waals surface area contributed by atoms with Crippen LogP contribution in [0.15, 0.2) is 12.5 Å². The molecule has 8 heteroatoms. The van der Waals surface area contributed by atoms with Gasteiger partial charge in [0.15, 0.2) is 0 Å². The highest BCUT2D eigenvalue weighted by Crippen LogP contribution is 2.25. The SMILES string of the molecule is CC(C)[C@H](N[S+]([O-])C(C)(C)C)c1cn(CC2CCN(CC(F)F)C2)cn1. The molecule has 0 radical (unpaired) electrons. The lowest BCUT2D eigenvalue weighted by molar-refractivity contribution is 0.0975. The highest BCUT2D eigenvalue weighted by Gasteiger charge is 2.32. The van der Waals surface area contributed by atoms with Crippen LogP contribution < -0.4 is 4.72 Å². The Morgan fingerprint density at radius 1 is 1.38 bits per heavy atom. The Morgan fingerprint density at radius 3 is 2.65 bits per heavy atom. The molecular weight excluding hydrogens is 358 g/mol. The average Bonchev–Trinajstić information content (AvgIpc) is 3.12. The summed E-state index contributed by atoms with van der Waals surface area (Å²) in [5.41, 5.74) is 0.875. The molecule has 0 amide bonds. The third-order valence-corrected chi connectivity index (χ3v) is 6.24. The molecule has 2 unspecified atom stereocenters. The van der Waals surface area contributed by atoms with Crippen molar-refractivity contribution in [1.29, 1.82) is 0 Å². The quantitative estimate of drug-likeness (QED) is 0.693. The van der Waals surface area contributed by atoms with Crippen LogP contribution in [-0.2, 0) is 17.9 Å². The van der Waals surface area contributed by atoms with E-state index in [2.05, 4.69) is 23.6 Å². The normalized spacial score (nSPS) is 21.7. The van der Waals surface area contributed by atoms with Gasteiger partial charge < -0.3 is 9.12 Å². The molecule has 0 saturated carbocycles. The topological polar surface area (TPSA) is 56.1 Å². The van der Waals surface area contributed by atoms with Gasteiger partial charge in [0.25, 0.3) is 6.43 Å². The molecule has 2 heterocycles. The van der Waals surface area contributed by atoms with Crippen LogP contribution in [0.5, 0.6) is 0 Å². The zero-order valence-electron chi connectivity index (χ0n) is 16.4. The fourth-order valence-electron chi connectivity index (χ4n) is 3.19. The molecule has 0 spiro atoms. The smallest absolute Gasteiger partial charge is 0.251 e. The Labute approximate surface area is 158 Å². The van der Waals surface area contributed by atoms with Crippen molar-refractivity contribution in [2.24, 2.45) is 11.8 Å². The van der Waals surface area contributed by atoms with Crippen LogP contribution in [0.4, 0.5) is 8.78 Å². The molecule has 2 rings (SSSR count). The van der Waals surface area contributed by atoms with Gasteiger partial charge >= 0.3 is 0 Å². The van der Waals surface area contributed by atoms with Gasteiger partial charge in [-0.3, -0.25) is 4.90 Å². The minimum Gasteiger partial charge on any atom is -0.598 e. The highest BCUT2D eigenvalue weighted by atomic mass is 32.2. The number of rotatable bonds is 8. The molecule has 1 aromatic heterocycles. The van der Waals surface area contributed by atoms with E-state index in [9.17, 15) is 13.3 Å². The number of alkyl halides is 2. The predicted molar refractivity (Wildman–Crippen MR) is 101 cm³/mol. The van der Waals surface area contributed by atoms with Gasteiger partial charge in [-0.25, -0.2) is 13.8 Å². The van der Waals surface area contributed by atoms with E-state index in [-0.39, 0.29) is 23.3 Å². The van der Waals surface area contributed by atoms with Crippen molar-refractivity contribution in [3.05, 3.63) is 18.2 Å². The summed E-state index contributed by atoms with van der Waals surface area (Å²) in [5.74, 6) is 0.614. The maximum absolute atomic E-state index is 12.5. The van der Waals surface area contributed by atoms with Crippen LogP contribution in [-0.4, -0.2) is 49.8 Å². The molecular formula is C18H32F2N4OS. The number of nitrogens with one attached hydrogen (secondary N) is 1. The minimum atomic E-state index is -2.27. The summed E-state index contributed by atoms with van der Waals surface area (Å²) in [6.07, 6.45) is 2.45.